The molecule has 1 aliphatic carbocycles. The maximum Gasteiger partial charge on any atom is 0.251 e. The Balaban J connectivity index is 1.71. The average Bonchev–Trinajstić information content (AvgIpc) is 3.38. The molecule has 1 aromatic carbocycles. The number of amides is 1. The molecule has 1 saturated carbocycles. The number of rotatable bonds is 6. The molecule has 0 bridgehead atoms. The summed E-state index contributed by atoms with van der Waals surface area (Å²) >= 11 is 0. The highest BCUT2D eigenvalue weighted by Crippen LogP contribution is 2.38. The lowest BCUT2D eigenvalue weighted by Gasteiger charge is -2.11. The lowest BCUT2D eigenvalue weighted by atomic mass is 10.1. The van der Waals surface area contributed by atoms with Crippen LogP contribution in [0.4, 0.5) is 0 Å². The van der Waals surface area contributed by atoms with E-state index in [-0.39, 0.29) is 5.91 Å². The number of aromatic nitrogens is 1. The van der Waals surface area contributed by atoms with Crippen LogP contribution in [0.2, 0.25) is 0 Å². The third kappa shape index (κ3) is 3.11. The van der Waals surface area contributed by atoms with Gasteiger partial charge in [-0.3, -0.25) is 4.79 Å². The second-order valence-corrected chi connectivity index (χ2v) is 6.25. The van der Waals surface area contributed by atoms with Crippen LogP contribution < -0.4 is 14.8 Å². The van der Waals surface area contributed by atoms with Crippen molar-refractivity contribution in [3.63, 3.8) is 0 Å². The van der Waals surface area contributed by atoms with E-state index >= 15 is 0 Å². The fourth-order valence-corrected chi connectivity index (χ4v) is 3.17. The maximum absolute atomic E-state index is 12.4. The molecule has 1 fully saturated rings. The number of nitrogens with one attached hydrogen (secondary N) is 1. The lowest BCUT2D eigenvalue weighted by Crippen LogP contribution is -2.23. The van der Waals surface area contributed by atoms with Gasteiger partial charge >= 0.3 is 0 Å². The number of hydrogen-bond acceptors (Lipinski definition) is 3. The fourth-order valence-electron chi connectivity index (χ4n) is 3.17. The van der Waals surface area contributed by atoms with Crippen molar-refractivity contribution in [2.24, 2.45) is 0 Å². The zero-order valence-electron chi connectivity index (χ0n) is 14.7. The Morgan fingerprint density at radius 1 is 1.17 bits per heavy atom. The molecule has 1 aromatic heterocycles. The van der Waals surface area contributed by atoms with Crippen molar-refractivity contribution in [3.05, 3.63) is 46.8 Å². The highest BCUT2D eigenvalue weighted by atomic mass is 16.5. The number of benzene rings is 1. The Hall–Kier alpha value is -2.43. The fraction of sp³-hybridized carbons (Fsp3) is 0.421. The first kappa shape index (κ1) is 16.4. The van der Waals surface area contributed by atoms with Gasteiger partial charge in [0.25, 0.3) is 5.91 Å². The van der Waals surface area contributed by atoms with Crippen LogP contribution in [-0.4, -0.2) is 24.7 Å². The van der Waals surface area contributed by atoms with E-state index in [1.807, 2.05) is 0 Å². The van der Waals surface area contributed by atoms with Crippen LogP contribution in [0, 0.1) is 13.8 Å². The van der Waals surface area contributed by atoms with Gasteiger partial charge in [0.05, 0.1) is 14.2 Å². The quantitative estimate of drug-likeness (QED) is 0.884. The van der Waals surface area contributed by atoms with Gasteiger partial charge < -0.3 is 19.4 Å². The summed E-state index contributed by atoms with van der Waals surface area (Å²) in [6, 6.07) is 8.00. The summed E-state index contributed by atoms with van der Waals surface area (Å²) < 4.78 is 12.8. The Labute approximate surface area is 142 Å². The normalized spacial score (nSPS) is 13.7. The molecule has 24 heavy (non-hydrogen) atoms. The minimum absolute atomic E-state index is 0.118. The molecule has 1 heterocycles. The van der Waals surface area contributed by atoms with Crippen molar-refractivity contribution in [3.8, 4) is 11.5 Å². The molecule has 0 atom stereocenters. The summed E-state index contributed by atoms with van der Waals surface area (Å²) in [6.45, 7) is 4.79. The minimum atomic E-state index is -0.118. The Kier molecular flexibility index (Phi) is 4.51. The molecule has 5 nitrogen and oxygen atoms in total. The van der Waals surface area contributed by atoms with Crippen LogP contribution in [-0.2, 0) is 6.54 Å². The van der Waals surface area contributed by atoms with E-state index in [4.69, 9.17) is 9.47 Å². The molecule has 3 rings (SSSR count). The topological polar surface area (TPSA) is 52.5 Å². The second kappa shape index (κ2) is 6.59. The van der Waals surface area contributed by atoms with E-state index in [0.717, 1.165) is 0 Å². The molecule has 0 spiro atoms. The predicted molar refractivity (Wildman–Crippen MR) is 92.9 cm³/mol. The van der Waals surface area contributed by atoms with Gasteiger partial charge in [-0.2, -0.15) is 0 Å². The molecule has 0 unspecified atom stereocenters. The molecule has 1 N–H and O–H groups in total. The molecular formula is C19H24N2O3. The Morgan fingerprint density at radius 3 is 2.50 bits per heavy atom. The van der Waals surface area contributed by atoms with Crippen LogP contribution in [0.1, 0.15) is 46.2 Å². The molecule has 1 aliphatic rings. The molecule has 0 aliphatic heterocycles. The molecule has 128 valence electrons. The van der Waals surface area contributed by atoms with E-state index in [1.165, 1.54) is 29.8 Å². The number of nitrogens with zero attached hydrogens (tertiary/aromatic N) is 1. The summed E-state index contributed by atoms with van der Waals surface area (Å²) in [5.41, 5.74) is 4.25. The number of ether oxygens (including phenoxy) is 2. The van der Waals surface area contributed by atoms with Gasteiger partial charge in [0, 0.05) is 29.5 Å². The Morgan fingerprint density at radius 2 is 1.88 bits per heavy atom. The van der Waals surface area contributed by atoms with Gasteiger partial charge in [-0.25, -0.2) is 0 Å². The largest absolute Gasteiger partial charge is 0.493 e. The predicted octanol–water partition coefficient (Wildman–Crippen LogP) is 3.39. The molecule has 0 saturated heterocycles. The first-order valence-corrected chi connectivity index (χ1v) is 8.22. The third-order valence-electron chi connectivity index (χ3n) is 4.59. The first-order chi connectivity index (χ1) is 11.5. The zero-order valence-corrected chi connectivity index (χ0v) is 14.7. The van der Waals surface area contributed by atoms with Crippen LogP contribution in [0.25, 0.3) is 0 Å². The molecule has 0 radical (unpaired) electrons. The van der Waals surface area contributed by atoms with Gasteiger partial charge in [-0.1, -0.05) is 0 Å². The van der Waals surface area contributed by atoms with Gasteiger partial charge in [0.2, 0.25) is 0 Å². The number of carbonyl (C=O) groups excluding carboxylic acids is 1. The highest BCUT2D eigenvalue weighted by molar-refractivity contribution is 5.94. The second-order valence-electron chi connectivity index (χ2n) is 6.25. The van der Waals surface area contributed by atoms with Crippen molar-refractivity contribution in [1.29, 1.82) is 0 Å². The van der Waals surface area contributed by atoms with E-state index in [2.05, 4.69) is 29.8 Å². The monoisotopic (exact) mass is 328 g/mol. The Bertz CT molecular complexity index is 760. The van der Waals surface area contributed by atoms with Gasteiger partial charge in [0.1, 0.15) is 0 Å². The maximum atomic E-state index is 12.4. The molecule has 1 amide bonds. The molecule has 5 heteroatoms. The van der Waals surface area contributed by atoms with Crippen LogP contribution in [0.15, 0.2) is 24.3 Å². The van der Waals surface area contributed by atoms with Crippen LogP contribution in [0.3, 0.4) is 0 Å². The van der Waals surface area contributed by atoms with E-state index in [0.29, 0.717) is 29.6 Å². The smallest absolute Gasteiger partial charge is 0.251 e. The first-order valence-electron chi connectivity index (χ1n) is 8.22. The SMILES string of the molecule is COc1ccc(C(=O)NCc2cc(C)n(C3CC3)c2C)cc1OC. The summed E-state index contributed by atoms with van der Waals surface area (Å²) in [6.07, 6.45) is 2.52. The number of aryl methyl sites for hydroxylation is 1. The molecular weight excluding hydrogens is 304 g/mol. The van der Waals surface area contributed by atoms with Crippen molar-refractivity contribution in [2.75, 3.05) is 14.2 Å². The minimum Gasteiger partial charge on any atom is -0.493 e. The van der Waals surface area contributed by atoms with Gasteiger partial charge in [-0.05, 0) is 56.5 Å². The summed E-state index contributed by atoms with van der Waals surface area (Å²) in [5, 5.41) is 3.00. The lowest BCUT2D eigenvalue weighted by molar-refractivity contribution is 0.0950. The van der Waals surface area contributed by atoms with Crippen molar-refractivity contribution < 1.29 is 14.3 Å². The van der Waals surface area contributed by atoms with Crippen molar-refractivity contribution >= 4 is 5.91 Å². The van der Waals surface area contributed by atoms with Gasteiger partial charge in [-0.15, -0.1) is 0 Å². The standard InChI is InChI=1S/C19H24N2O3/c1-12-9-15(13(2)21(12)16-6-7-16)11-20-19(22)14-5-8-17(23-3)18(10-14)24-4/h5,8-10,16H,6-7,11H2,1-4H3,(H,20,22). The van der Waals surface area contributed by atoms with Crippen LogP contribution >= 0.6 is 0 Å². The highest BCUT2D eigenvalue weighted by Gasteiger charge is 2.26. The van der Waals surface area contributed by atoms with Gasteiger partial charge in [0.15, 0.2) is 11.5 Å². The third-order valence-corrected chi connectivity index (χ3v) is 4.59. The number of methoxy groups -OCH3 is 2. The van der Waals surface area contributed by atoms with E-state index < -0.39 is 0 Å². The van der Waals surface area contributed by atoms with E-state index in [1.54, 1.807) is 32.4 Å². The summed E-state index contributed by atoms with van der Waals surface area (Å²) in [7, 11) is 3.14. The number of carbonyl (C=O) groups is 1. The molecule has 2 aromatic rings. The number of hydrogen-bond donors (Lipinski definition) is 1. The van der Waals surface area contributed by atoms with Crippen molar-refractivity contribution in [2.45, 2.75) is 39.3 Å². The van der Waals surface area contributed by atoms with E-state index in [9.17, 15) is 4.79 Å². The van der Waals surface area contributed by atoms with Crippen LogP contribution in [0.5, 0.6) is 11.5 Å². The summed E-state index contributed by atoms with van der Waals surface area (Å²) in [5.74, 6) is 1.05. The zero-order chi connectivity index (χ0) is 17.3. The van der Waals surface area contributed by atoms with Crippen molar-refractivity contribution in [1.82, 2.24) is 9.88 Å². The summed E-state index contributed by atoms with van der Waals surface area (Å²) in [4.78, 5) is 12.4. The average molecular weight is 328 g/mol.